The van der Waals surface area contributed by atoms with E-state index >= 15 is 0 Å². The number of ether oxygens (including phenoxy) is 2. The number of carbonyl (C=O) groups excluding carboxylic acids is 3. The summed E-state index contributed by atoms with van der Waals surface area (Å²) in [5, 5.41) is 3.22. The van der Waals surface area contributed by atoms with E-state index in [0.29, 0.717) is 28.3 Å². The van der Waals surface area contributed by atoms with E-state index in [9.17, 15) is 14.4 Å². The zero-order valence-electron chi connectivity index (χ0n) is 14.8. The smallest absolute Gasteiger partial charge is 0.326 e. The number of amides is 3. The van der Waals surface area contributed by atoms with Gasteiger partial charge in [0.1, 0.15) is 18.9 Å². The molecule has 1 spiro atoms. The minimum atomic E-state index is -1.21. The van der Waals surface area contributed by atoms with Crippen LogP contribution in [0, 0.1) is 0 Å². The maximum Gasteiger partial charge on any atom is 0.326 e. The summed E-state index contributed by atoms with van der Waals surface area (Å²) < 4.78 is 10.8. The van der Waals surface area contributed by atoms with Gasteiger partial charge in [0, 0.05) is 22.6 Å². The molecule has 0 unspecified atom stereocenters. The molecule has 0 aliphatic carbocycles. The maximum absolute atomic E-state index is 13.1. The topological polar surface area (TPSA) is 84.9 Å². The molecule has 2 aliphatic heterocycles. The normalized spacial score (nSPS) is 20.5. The molecule has 0 saturated carbocycles. The molecule has 28 heavy (non-hydrogen) atoms. The highest BCUT2D eigenvalue weighted by Crippen LogP contribution is 2.40. The van der Waals surface area contributed by atoms with Crippen molar-refractivity contribution in [2.75, 3.05) is 13.2 Å². The van der Waals surface area contributed by atoms with Gasteiger partial charge in [0.05, 0.1) is 6.61 Å². The number of para-hydroxylation sites is 1. The molecule has 2 aromatic carbocycles. The molecule has 3 amide bonds. The monoisotopic (exact) mass is 400 g/mol. The lowest BCUT2D eigenvalue weighted by molar-refractivity contribution is -0.149. The van der Waals surface area contributed by atoms with Crippen molar-refractivity contribution in [2.24, 2.45) is 0 Å². The summed E-state index contributed by atoms with van der Waals surface area (Å²) in [5.41, 5.74) is 0.0191. The first-order chi connectivity index (χ1) is 13.5. The van der Waals surface area contributed by atoms with Crippen molar-refractivity contribution in [2.45, 2.75) is 18.6 Å². The number of carbonyl (C=O) groups is 3. The van der Waals surface area contributed by atoms with E-state index in [4.69, 9.17) is 21.1 Å². The Kier molecular flexibility index (Phi) is 4.68. The van der Waals surface area contributed by atoms with Crippen LogP contribution >= 0.6 is 11.6 Å². The van der Waals surface area contributed by atoms with E-state index in [0.717, 1.165) is 4.90 Å². The number of benzene rings is 2. The third kappa shape index (κ3) is 3.07. The van der Waals surface area contributed by atoms with Gasteiger partial charge in [0.25, 0.3) is 5.91 Å². The molecule has 2 aliphatic rings. The fraction of sp³-hybridized carbons (Fsp3) is 0.250. The van der Waals surface area contributed by atoms with Gasteiger partial charge in [-0.15, -0.1) is 0 Å². The molecular weight excluding hydrogens is 384 g/mol. The fourth-order valence-electron chi connectivity index (χ4n) is 3.46. The summed E-state index contributed by atoms with van der Waals surface area (Å²) in [6.45, 7) is -0.225. The molecule has 0 bridgehead atoms. The third-order valence-corrected chi connectivity index (χ3v) is 5.26. The van der Waals surface area contributed by atoms with Crippen molar-refractivity contribution in [1.82, 2.24) is 10.2 Å². The minimum absolute atomic E-state index is 0.0377. The standard InChI is InChI=1S/C20H17ClN2O5/c21-15-7-3-1-5-13(15)12-28-17(24)11-23-18(25)20(22-19(23)26)9-10-27-16-8-4-2-6-14(16)20/h1-8H,9-12H2,(H,22,26)/t20-/m1/s1. The average molecular weight is 401 g/mol. The number of nitrogens with zero attached hydrogens (tertiary/aromatic N) is 1. The highest BCUT2D eigenvalue weighted by atomic mass is 35.5. The van der Waals surface area contributed by atoms with E-state index < -0.39 is 30.0 Å². The first kappa shape index (κ1) is 18.3. The lowest BCUT2D eigenvalue weighted by Gasteiger charge is -2.33. The predicted octanol–water partition coefficient (Wildman–Crippen LogP) is 2.61. The SMILES string of the molecule is O=C(CN1C(=O)N[C@@]2(CCOc3ccccc32)C1=O)OCc1ccccc1Cl. The van der Waals surface area contributed by atoms with Gasteiger partial charge in [0.2, 0.25) is 0 Å². The van der Waals surface area contributed by atoms with Gasteiger partial charge in [-0.3, -0.25) is 14.5 Å². The highest BCUT2D eigenvalue weighted by molar-refractivity contribution is 6.31. The number of hydrogen-bond donors (Lipinski definition) is 1. The number of hydrogen-bond acceptors (Lipinski definition) is 5. The Morgan fingerprint density at radius 1 is 1.18 bits per heavy atom. The van der Waals surface area contributed by atoms with Crippen LogP contribution < -0.4 is 10.1 Å². The van der Waals surface area contributed by atoms with E-state index in [1.54, 1.807) is 48.5 Å². The molecule has 144 valence electrons. The van der Waals surface area contributed by atoms with Gasteiger partial charge in [-0.2, -0.15) is 0 Å². The molecule has 2 aromatic rings. The summed E-state index contributed by atoms with van der Waals surface area (Å²) in [6.07, 6.45) is 0.291. The molecule has 8 heteroatoms. The zero-order chi connectivity index (χ0) is 19.7. The van der Waals surface area contributed by atoms with Crippen LogP contribution in [0.2, 0.25) is 5.02 Å². The molecule has 1 N–H and O–H groups in total. The highest BCUT2D eigenvalue weighted by Gasteiger charge is 2.55. The Morgan fingerprint density at radius 3 is 2.75 bits per heavy atom. The van der Waals surface area contributed by atoms with Crippen LogP contribution in [0.5, 0.6) is 5.75 Å². The van der Waals surface area contributed by atoms with Gasteiger partial charge in [-0.1, -0.05) is 48.0 Å². The Labute approximate surface area is 166 Å². The number of fused-ring (bicyclic) bond motifs is 2. The van der Waals surface area contributed by atoms with Gasteiger partial charge in [-0.05, 0) is 12.1 Å². The van der Waals surface area contributed by atoms with Crippen molar-refractivity contribution < 1.29 is 23.9 Å². The van der Waals surface area contributed by atoms with Crippen LogP contribution in [0.25, 0.3) is 0 Å². The third-order valence-electron chi connectivity index (χ3n) is 4.89. The maximum atomic E-state index is 13.1. The van der Waals surface area contributed by atoms with Crippen molar-refractivity contribution >= 4 is 29.5 Å². The number of esters is 1. The van der Waals surface area contributed by atoms with Crippen molar-refractivity contribution in [3.05, 3.63) is 64.7 Å². The van der Waals surface area contributed by atoms with Crippen LogP contribution in [0.3, 0.4) is 0 Å². The summed E-state index contributed by atoms with van der Waals surface area (Å²) in [6, 6.07) is 13.4. The predicted molar refractivity (Wildman–Crippen MR) is 99.7 cm³/mol. The number of urea groups is 1. The molecule has 0 radical (unpaired) electrons. The second-order valence-corrected chi connectivity index (χ2v) is 6.98. The first-order valence-corrected chi connectivity index (χ1v) is 9.14. The summed E-state index contributed by atoms with van der Waals surface area (Å²) in [5.74, 6) is -0.630. The first-order valence-electron chi connectivity index (χ1n) is 8.77. The van der Waals surface area contributed by atoms with E-state index in [1.807, 2.05) is 0 Å². The van der Waals surface area contributed by atoms with Gasteiger partial charge in [0.15, 0.2) is 5.54 Å². The second kappa shape index (κ2) is 7.16. The molecule has 1 saturated heterocycles. The number of rotatable bonds is 4. The van der Waals surface area contributed by atoms with Gasteiger partial charge >= 0.3 is 12.0 Å². The largest absolute Gasteiger partial charge is 0.493 e. The summed E-state index contributed by atoms with van der Waals surface area (Å²) in [4.78, 5) is 38.6. The van der Waals surface area contributed by atoms with Crippen molar-refractivity contribution in [3.63, 3.8) is 0 Å². The second-order valence-electron chi connectivity index (χ2n) is 6.57. The fourth-order valence-corrected chi connectivity index (χ4v) is 3.65. The Morgan fingerprint density at radius 2 is 1.93 bits per heavy atom. The van der Waals surface area contributed by atoms with E-state index in [1.165, 1.54) is 0 Å². The summed E-state index contributed by atoms with van der Waals surface area (Å²) >= 11 is 6.04. The number of nitrogens with one attached hydrogen (secondary N) is 1. The molecule has 1 fully saturated rings. The molecule has 7 nitrogen and oxygen atoms in total. The van der Waals surface area contributed by atoms with Crippen molar-refractivity contribution in [3.8, 4) is 5.75 Å². The van der Waals surface area contributed by atoms with Crippen molar-refractivity contribution in [1.29, 1.82) is 0 Å². The average Bonchev–Trinajstić information content (AvgIpc) is 2.92. The zero-order valence-corrected chi connectivity index (χ0v) is 15.6. The lowest BCUT2D eigenvalue weighted by Crippen LogP contribution is -2.47. The van der Waals surface area contributed by atoms with Crippen LogP contribution in [0.1, 0.15) is 17.5 Å². The van der Waals surface area contributed by atoms with Crippen LogP contribution in [-0.4, -0.2) is 36.0 Å². The Bertz CT molecular complexity index is 963. The summed E-state index contributed by atoms with van der Waals surface area (Å²) in [7, 11) is 0. The van der Waals surface area contributed by atoms with Crippen LogP contribution in [-0.2, 0) is 26.5 Å². The molecule has 2 heterocycles. The lowest BCUT2D eigenvalue weighted by atomic mass is 9.84. The van der Waals surface area contributed by atoms with Crippen LogP contribution in [0.4, 0.5) is 4.79 Å². The number of halogens is 1. The van der Waals surface area contributed by atoms with Gasteiger partial charge in [-0.25, -0.2) is 4.79 Å². The number of imide groups is 1. The quantitative estimate of drug-likeness (QED) is 0.630. The van der Waals surface area contributed by atoms with E-state index in [-0.39, 0.29) is 13.2 Å². The van der Waals surface area contributed by atoms with Crippen LogP contribution in [0.15, 0.2) is 48.5 Å². The molecule has 4 rings (SSSR count). The molecular formula is C20H17ClN2O5. The van der Waals surface area contributed by atoms with E-state index in [2.05, 4.69) is 5.32 Å². The Balaban J connectivity index is 1.48. The van der Waals surface area contributed by atoms with Gasteiger partial charge < -0.3 is 14.8 Å². The Hall–Kier alpha value is -3.06. The minimum Gasteiger partial charge on any atom is -0.493 e. The molecule has 1 atom stereocenters. The molecule has 0 aromatic heterocycles.